The van der Waals surface area contributed by atoms with Crippen molar-refractivity contribution in [2.45, 2.75) is 30.4 Å². The largest absolute Gasteiger partial charge is 0.395 e. The number of thiazole rings is 1. The molecule has 0 amide bonds. The Hall–Kier alpha value is -1.89. The lowest BCUT2D eigenvalue weighted by atomic mass is 9.95. The molecular weight excluding hydrogens is 362 g/mol. The molecule has 6 heteroatoms. The number of aliphatic hydroxyl groups is 1. The lowest BCUT2D eigenvalue weighted by Crippen LogP contribution is -2.16. The minimum Gasteiger partial charge on any atom is -0.395 e. The maximum absolute atomic E-state index is 9.32. The first kappa shape index (κ1) is 17.5. The summed E-state index contributed by atoms with van der Waals surface area (Å²) in [6.45, 7) is 4.46. The van der Waals surface area contributed by atoms with Gasteiger partial charge in [-0.2, -0.15) is 0 Å². The number of nitrogens with one attached hydrogen (secondary N) is 2. The molecule has 3 N–H and O–H groups in total. The Kier molecular flexibility index (Phi) is 4.98. The van der Waals surface area contributed by atoms with Gasteiger partial charge in [0.05, 0.1) is 28.9 Å². The van der Waals surface area contributed by atoms with E-state index in [1.807, 2.05) is 18.6 Å². The van der Waals surface area contributed by atoms with Crippen LogP contribution in [0.15, 0.2) is 46.6 Å². The zero-order valence-corrected chi connectivity index (χ0v) is 16.5. The second kappa shape index (κ2) is 7.39. The number of allylic oxidation sites excluding steroid dienone is 1. The molecule has 1 aliphatic carbocycles. The summed E-state index contributed by atoms with van der Waals surface area (Å²) in [7, 11) is 0. The molecule has 1 aliphatic rings. The molecule has 0 saturated heterocycles. The van der Waals surface area contributed by atoms with Gasteiger partial charge in [-0.25, -0.2) is 9.97 Å². The predicted molar refractivity (Wildman–Crippen MR) is 109 cm³/mol. The highest BCUT2D eigenvalue weighted by Gasteiger charge is 2.21. The molecule has 134 valence electrons. The van der Waals surface area contributed by atoms with Crippen LogP contribution >= 0.6 is 23.1 Å². The number of benzene rings is 1. The zero-order valence-electron chi connectivity index (χ0n) is 14.8. The van der Waals surface area contributed by atoms with Crippen molar-refractivity contribution in [3.8, 4) is 0 Å². The Balaban J connectivity index is 1.69. The molecule has 2 unspecified atom stereocenters. The zero-order chi connectivity index (χ0) is 18.1. The number of fused-ring (bicyclic) bond motifs is 2. The Morgan fingerprint density at radius 2 is 2.31 bits per heavy atom. The van der Waals surface area contributed by atoms with Crippen LogP contribution in [0.2, 0.25) is 0 Å². The van der Waals surface area contributed by atoms with Crippen molar-refractivity contribution < 1.29 is 10.1 Å². The van der Waals surface area contributed by atoms with E-state index in [2.05, 4.69) is 52.5 Å². The first-order chi connectivity index (χ1) is 12.6. The lowest BCUT2D eigenvalue weighted by Gasteiger charge is -2.22. The van der Waals surface area contributed by atoms with Gasteiger partial charge < -0.3 is 10.4 Å². The maximum atomic E-state index is 9.32. The van der Waals surface area contributed by atoms with Gasteiger partial charge in [0, 0.05) is 38.8 Å². The molecule has 0 spiro atoms. The number of hydrogen-bond acceptors (Lipinski definition) is 5. The number of aromatic amines is 1. The first-order valence-electron chi connectivity index (χ1n) is 8.77. The second-order valence-electron chi connectivity index (χ2n) is 6.70. The molecule has 2 aromatic heterocycles. The van der Waals surface area contributed by atoms with Gasteiger partial charge in [-0.05, 0) is 24.6 Å². The molecule has 4 nitrogen and oxygen atoms in total. The average Bonchev–Trinajstić information content (AvgIpc) is 3.09. The Labute approximate surface area is 161 Å². The molecule has 1 aromatic carbocycles. The van der Waals surface area contributed by atoms with E-state index in [4.69, 9.17) is 0 Å². The monoisotopic (exact) mass is 384 g/mol. The molecule has 0 aliphatic heterocycles. The van der Waals surface area contributed by atoms with E-state index in [1.165, 1.54) is 10.6 Å². The molecule has 2 heterocycles. The van der Waals surface area contributed by atoms with Crippen LogP contribution < -0.4 is 10.3 Å². The summed E-state index contributed by atoms with van der Waals surface area (Å²) in [4.78, 5) is 10.3. The van der Waals surface area contributed by atoms with E-state index < -0.39 is 0 Å². The minimum absolute atomic E-state index is 0.176. The summed E-state index contributed by atoms with van der Waals surface area (Å²) in [5.41, 5.74) is 6.41. The van der Waals surface area contributed by atoms with Crippen molar-refractivity contribution in [3.63, 3.8) is 0 Å². The summed E-state index contributed by atoms with van der Waals surface area (Å²) < 4.78 is 0. The number of aromatic nitrogens is 2. The SMILES string of the molecule is CC(CO)Sc1ccc2[nH+]ccc(NC3=Cc4ncsc4CC3C)c2c1. The van der Waals surface area contributed by atoms with Crippen molar-refractivity contribution in [1.29, 1.82) is 0 Å². The second-order valence-corrected chi connectivity index (χ2v) is 9.15. The number of thioether (sulfide) groups is 1. The quantitative estimate of drug-likeness (QED) is 0.647. The van der Waals surface area contributed by atoms with E-state index in [0.717, 1.165) is 33.6 Å². The molecule has 3 aromatic rings. The van der Waals surface area contributed by atoms with Crippen molar-refractivity contribution in [3.05, 3.63) is 52.2 Å². The maximum Gasteiger partial charge on any atom is 0.212 e. The minimum atomic E-state index is 0.176. The standard InChI is InChI=1S/C20H21N3OS2/c1-12-7-20-19(22-11-25-20)9-18(12)23-17-5-6-21-16-4-3-14(8-15(16)17)26-13(2)10-24/h3-6,8-9,11-13,24H,7,10H2,1-2H3,(H,21,23)/p+1. The number of hydrogen-bond donors (Lipinski definition) is 2. The topological polar surface area (TPSA) is 59.3 Å². The summed E-state index contributed by atoms with van der Waals surface area (Å²) in [6, 6.07) is 8.47. The molecular formula is C20H22N3OS2+. The van der Waals surface area contributed by atoms with E-state index in [0.29, 0.717) is 5.92 Å². The first-order valence-corrected chi connectivity index (χ1v) is 10.5. The average molecular weight is 385 g/mol. The third-order valence-corrected chi connectivity index (χ3v) is 6.58. The fourth-order valence-electron chi connectivity index (χ4n) is 3.17. The Morgan fingerprint density at radius 1 is 1.42 bits per heavy atom. The highest BCUT2D eigenvalue weighted by Crippen LogP contribution is 2.33. The van der Waals surface area contributed by atoms with Crippen molar-refractivity contribution >= 4 is 45.8 Å². The number of pyridine rings is 1. The number of nitrogens with zero attached hydrogens (tertiary/aromatic N) is 1. The fraction of sp³-hybridized carbons (Fsp3) is 0.300. The number of rotatable bonds is 5. The number of H-pyrrole nitrogens is 1. The molecule has 0 radical (unpaired) electrons. The van der Waals surface area contributed by atoms with Gasteiger partial charge >= 0.3 is 0 Å². The van der Waals surface area contributed by atoms with Crippen LogP contribution in [0, 0.1) is 5.92 Å². The summed E-state index contributed by atoms with van der Waals surface area (Å²) in [6.07, 6.45) is 5.18. The summed E-state index contributed by atoms with van der Waals surface area (Å²) in [5.74, 6) is 0.439. The smallest absolute Gasteiger partial charge is 0.212 e. The third-order valence-electron chi connectivity index (χ3n) is 4.63. The number of anilines is 1. The normalized spacial score (nSPS) is 17.7. The molecule has 0 fully saturated rings. The number of aliphatic hydroxyl groups excluding tert-OH is 1. The van der Waals surface area contributed by atoms with Gasteiger partial charge in [0.2, 0.25) is 5.52 Å². The lowest BCUT2D eigenvalue weighted by molar-refractivity contribution is -0.344. The predicted octanol–water partition coefficient (Wildman–Crippen LogP) is 4.23. The van der Waals surface area contributed by atoms with Crippen LogP contribution in [0.25, 0.3) is 17.0 Å². The van der Waals surface area contributed by atoms with Crippen LogP contribution in [0.3, 0.4) is 0 Å². The van der Waals surface area contributed by atoms with Crippen molar-refractivity contribution in [2.75, 3.05) is 11.9 Å². The summed E-state index contributed by atoms with van der Waals surface area (Å²) >= 11 is 3.43. The Morgan fingerprint density at radius 3 is 3.15 bits per heavy atom. The van der Waals surface area contributed by atoms with E-state index in [9.17, 15) is 5.11 Å². The van der Waals surface area contributed by atoms with Crippen LogP contribution in [-0.2, 0) is 6.42 Å². The van der Waals surface area contributed by atoms with E-state index in [1.54, 1.807) is 23.1 Å². The van der Waals surface area contributed by atoms with Crippen LogP contribution in [0.4, 0.5) is 5.69 Å². The van der Waals surface area contributed by atoms with Gasteiger partial charge in [-0.3, -0.25) is 0 Å². The van der Waals surface area contributed by atoms with Crippen LogP contribution in [-0.4, -0.2) is 21.9 Å². The van der Waals surface area contributed by atoms with Crippen molar-refractivity contribution in [2.24, 2.45) is 5.92 Å². The van der Waals surface area contributed by atoms with Gasteiger partial charge in [0.25, 0.3) is 0 Å². The van der Waals surface area contributed by atoms with Gasteiger partial charge in [-0.1, -0.05) is 13.8 Å². The molecule has 4 rings (SSSR count). The highest BCUT2D eigenvalue weighted by molar-refractivity contribution is 8.00. The molecule has 0 bridgehead atoms. The molecule has 2 atom stereocenters. The third kappa shape index (κ3) is 3.49. The fourth-order valence-corrected chi connectivity index (χ4v) is 4.91. The van der Waals surface area contributed by atoms with Gasteiger partial charge in [-0.15, -0.1) is 23.1 Å². The van der Waals surface area contributed by atoms with Crippen LogP contribution in [0.5, 0.6) is 0 Å². The van der Waals surface area contributed by atoms with Gasteiger partial charge in [0.1, 0.15) is 0 Å². The molecule has 26 heavy (non-hydrogen) atoms. The molecule has 0 saturated carbocycles. The summed E-state index contributed by atoms with van der Waals surface area (Å²) in [5, 5.41) is 14.3. The van der Waals surface area contributed by atoms with Crippen molar-refractivity contribution in [1.82, 2.24) is 4.98 Å². The highest BCUT2D eigenvalue weighted by atomic mass is 32.2. The van der Waals surface area contributed by atoms with Crippen LogP contribution in [0.1, 0.15) is 24.4 Å². The van der Waals surface area contributed by atoms with E-state index >= 15 is 0 Å². The Bertz CT molecular complexity index is 967. The van der Waals surface area contributed by atoms with E-state index in [-0.39, 0.29) is 11.9 Å². The van der Waals surface area contributed by atoms with Gasteiger partial charge in [0.15, 0.2) is 6.20 Å².